The first kappa shape index (κ1) is 81.1. The topological polar surface area (TPSA) is 298 Å². The molecule has 8 aromatic rings. The average Bonchev–Trinajstić information content (AvgIpc) is 1.69. The molecule has 0 fully saturated rings. The fourth-order valence-corrected chi connectivity index (χ4v) is 8.89. The lowest BCUT2D eigenvalue weighted by Crippen LogP contribution is -1.91. The van der Waals surface area contributed by atoms with E-state index in [0.717, 1.165) is 57.3 Å². The first-order chi connectivity index (χ1) is 49.7. The number of aryl methyl sites for hydroxylation is 1. The highest BCUT2D eigenvalue weighted by molar-refractivity contribution is 5.80. The minimum absolute atomic E-state index is 0.190. The number of hydrogen-bond donors (Lipinski definition) is 8. The van der Waals surface area contributed by atoms with Crippen LogP contribution in [-0.4, -0.2) is 40.9 Å². The van der Waals surface area contributed by atoms with Gasteiger partial charge in [-0.05, 0) is 210 Å². The summed E-state index contributed by atoms with van der Waals surface area (Å²) in [5.74, 6) is 16.3. The summed E-state index contributed by atoms with van der Waals surface area (Å²) in [5.41, 5.74) is 9.83. The number of allylic oxidation sites excluding steroid dienone is 9. The van der Waals surface area contributed by atoms with Crippen molar-refractivity contribution in [1.29, 1.82) is 0 Å². The Labute approximate surface area is 602 Å². The molecule has 0 aromatic heterocycles. The zero-order chi connectivity index (χ0) is 76.4. The quantitative estimate of drug-likeness (QED) is 0.0518. The highest BCUT2D eigenvalue weighted by Gasteiger charge is 2.23. The normalized spacial score (nSPS) is 14.3. The second-order valence-corrected chi connectivity index (χ2v) is 23.4. The van der Waals surface area contributed by atoms with Gasteiger partial charge in [0.2, 0.25) is 43.4 Å². The molecular weight excluding hydrogens is 1310 g/mol. The van der Waals surface area contributed by atoms with Crippen LogP contribution in [-0.2, 0) is 12.8 Å². The fourth-order valence-electron chi connectivity index (χ4n) is 8.89. The van der Waals surface area contributed by atoms with Gasteiger partial charge >= 0.3 is 0 Å². The van der Waals surface area contributed by atoms with Crippen molar-refractivity contribution in [2.24, 2.45) is 11.8 Å². The molecule has 0 radical (unpaired) electrons. The van der Waals surface area contributed by atoms with Crippen LogP contribution in [0.3, 0.4) is 0 Å². The van der Waals surface area contributed by atoms with Crippen LogP contribution >= 0.6 is 0 Å². The van der Waals surface area contributed by atoms with Crippen LogP contribution in [0, 0.1) is 60.2 Å². The van der Waals surface area contributed by atoms with Crippen LogP contribution in [0.15, 0.2) is 274 Å². The minimum atomic E-state index is -0.402. The van der Waals surface area contributed by atoms with E-state index in [1.807, 2.05) is 6.92 Å². The molecule has 0 saturated carbocycles. The molecule has 8 aromatic carbocycles. The summed E-state index contributed by atoms with van der Waals surface area (Å²) in [6.07, 6.45) is 24.6. The zero-order valence-electron chi connectivity index (χ0n) is 58.1. The molecule has 104 heavy (non-hydrogen) atoms. The van der Waals surface area contributed by atoms with Crippen LogP contribution in [0.25, 0.3) is 17.2 Å². The summed E-state index contributed by atoms with van der Waals surface area (Å²) in [7, 11) is 0. The SMILES string of the molecule is C#C/C=C/c1ccc(O)c(=O)cc1.C#CCCc1ccc(O)c(=O)cc1.CC#CCc1ccc(O)c(=O)cc1.CC1=C[C@@H]1c1ccc(O)c(=O)cc1.CC1=C[C@H]1c1ccc(O)c(=O)cc1.CCC#Cc1ccc(O)c(=O)cc1.C[C@@H]1C=C1c1ccc(O)c(=O)cc1.C[C@H]1C=C1c1ccc(O)c(=O)cc1. The summed E-state index contributed by atoms with van der Waals surface area (Å²) < 4.78 is 0. The van der Waals surface area contributed by atoms with Crippen molar-refractivity contribution in [2.45, 2.75) is 79.1 Å². The monoisotopic (exact) mass is 1390 g/mol. The predicted molar refractivity (Wildman–Crippen MR) is 412 cm³/mol. The number of terminal acetylenes is 2. The molecule has 4 aliphatic carbocycles. The third kappa shape index (κ3) is 28.4. The van der Waals surface area contributed by atoms with Crippen LogP contribution < -0.4 is 43.4 Å². The van der Waals surface area contributed by atoms with Gasteiger partial charge in [0.25, 0.3) is 0 Å². The van der Waals surface area contributed by atoms with Crippen molar-refractivity contribution in [1.82, 2.24) is 0 Å². The Bertz CT molecular complexity index is 5200. The smallest absolute Gasteiger partial charge is 0.220 e. The van der Waals surface area contributed by atoms with Crippen LogP contribution in [0.1, 0.15) is 111 Å². The highest BCUT2D eigenvalue weighted by Crippen LogP contribution is 2.40. The standard InChI is InChI=1S/7C11H10O2.C11H8O2/c4*1-7-6-9(7)8-2-4-10(12)11(13)5-3-8;4*1-2-3-4-9-5-7-10(12)11(13)8-6-9/h2*2-6,9H,1H3,(H,12,13);2*2-7H,1H3,(H,12,13);5-8H,4H2,1H3,(H,12,13);5-8H,2H2,1H3,(H,12,13);1,5-8H,3-4H2,(H,12,13);1,3-8H,(H,12,13)/b;;;;;;;4-3+/t2*9-;2*7-;;;;/m1010..../s1. The predicted octanol–water partition coefficient (Wildman–Crippen LogP) is 12.7. The minimum Gasteiger partial charge on any atom is -0.504 e. The molecule has 8 N–H and O–H groups in total. The number of hydrogen-bond acceptors (Lipinski definition) is 16. The molecule has 4 aliphatic rings. The highest BCUT2D eigenvalue weighted by atomic mass is 16.3. The van der Waals surface area contributed by atoms with Crippen molar-refractivity contribution >= 4 is 17.2 Å². The van der Waals surface area contributed by atoms with Gasteiger partial charge in [0.05, 0.1) is 0 Å². The lowest BCUT2D eigenvalue weighted by atomic mass is 10.1. The van der Waals surface area contributed by atoms with E-state index in [9.17, 15) is 38.4 Å². The molecule has 0 saturated heterocycles. The lowest BCUT2D eigenvalue weighted by Gasteiger charge is -1.92. The number of aromatic hydroxyl groups is 8. The molecule has 0 aliphatic heterocycles. The van der Waals surface area contributed by atoms with E-state index in [0.29, 0.717) is 36.5 Å². The van der Waals surface area contributed by atoms with Gasteiger partial charge in [0.15, 0.2) is 46.0 Å². The molecule has 526 valence electrons. The Balaban J connectivity index is 0.000000214. The first-order valence-electron chi connectivity index (χ1n) is 32.6. The van der Waals surface area contributed by atoms with Crippen molar-refractivity contribution in [3.8, 4) is 94.4 Å². The van der Waals surface area contributed by atoms with Crippen LogP contribution in [0.4, 0.5) is 0 Å². The molecule has 16 nitrogen and oxygen atoms in total. The van der Waals surface area contributed by atoms with Crippen molar-refractivity contribution in [3.05, 3.63) is 362 Å². The van der Waals surface area contributed by atoms with E-state index >= 15 is 0 Å². The molecule has 12 rings (SSSR count). The van der Waals surface area contributed by atoms with Crippen LogP contribution in [0.5, 0.6) is 46.0 Å². The van der Waals surface area contributed by atoms with E-state index in [2.05, 4.69) is 87.5 Å². The van der Waals surface area contributed by atoms with E-state index in [4.69, 9.17) is 53.7 Å². The Hall–Kier alpha value is -13.5. The second kappa shape index (κ2) is 41.1. The Morgan fingerprint density at radius 3 is 1.08 bits per heavy atom. The largest absolute Gasteiger partial charge is 0.504 e. The van der Waals surface area contributed by atoms with Crippen LogP contribution in [0.2, 0.25) is 0 Å². The van der Waals surface area contributed by atoms with Gasteiger partial charge in [-0.1, -0.05) is 165 Å². The van der Waals surface area contributed by atoms with Crippen molar-refractivity contribution < 1.29 is 40.9 Å². The second-order valence-electron chi connectivity index (χ2n) is 23.4. The van der Waals surface area contributed by atoms with Gasteiger partial charge in [0.1, 0.15) is 0 Å². The van der Waals surface area contributed by atoms with Crippen molar-refractivity contribution in [2.75, 3.05) is 0 Å². The maximum atomic E-state index is 11.0. The molecule has 0 bridgehead atoms. The molecule has 4 atom stereocenters. The Kier molecular flexibility index (Phi) is 32.1. The Morgan fingerprint density at radius 2 is 0.692 bits per heavy atom. The van der Waals surface area contributed by atoms with Gasteiger partial charge in [-0.2, -0.15) is 0 Å². The molecular formula is C88H78O16. The summed E-state index contributed by atoms with van der Waals surface area (Å²) in [6, 6.07) is 49.6. The molecule has 16 heteroatoms. The van der Waals surface area contributed by atoms with Gasteiger partial charge in [0, 0.05) is 36.7 Å². The third-order valence-corrected chi connectivity index (χ3v) is 15.4. The maximum absolute atomic E-state index is 11.0. The molecule has 0 amide bonds. The van der Waals surface area contributed by atoms with Gasteiger partial charge < -0.3 is 40.9 Å². The summed E-state index contributed by atoms with van der Waals surface area (Å²) >= 11 is 0. The zero-order valence-corrected chi connectivity index (χ0v) is 58.1. The maximum Gasteiger partial charge on any atom is 0.220 e. The summed E-state index contributed by atoms with van der Waals surface area (Å²) in [5, 5.41) is 72.8. The molecule has 0 unspecified atom stereocenters. The van der Waals surface area contributed by atoms with Gasteiger partial charge in [-0.25, -0.2) is 0 Å². The summed E-state index contributed by atoms with van der Waals surface area (Å²) in [4.78, 5) is 87.9. The summed E-state index contributed by atoms with van der Waals surface area (Å²) in [6.45, 7) is 12.0. The first-order valence-corrected chi connectivity index (χ1v) is 32.6. The van der Waals surface area contributed by atoms with Gasteiger partial charge in [-0.3, -0.25) is 38.4 Å². The van der Waals surface area contributed by atoms with E-state index in [1.54, 1.807) is 110 Å². The fraction of sp³-hybridized carbons (Fsp3) is 0.159. The number of rotatable bonds is 8. The Morgan fingerprint density at radius 1 is 0.394 bits per heavy atom. The third-order valence-electron chi connectivity index (χ3n) is 15.4. The van der Waals surface area contributed by atoms with E-state index in [-0.39, 0.29) is 84.0 Å². The van der Waals surface area contributed by atoms with Gasteiger partial charge in [-0.15, -0.1) is 24.7 Å². The van der Waals surface area contributed by atoms with E-state index in [1.165, 1.54) is 125 Å². The molecule has 0 heterocycles. The average molecular weight is 1390 g/mol. The molecule has 0 spiro atoms. The lowest BCUT2D eigenvalue weighted by molar-refractivity contribution is 0.470. The van der Waals surface area contributed by atoms with E-state index < -0.39 is 5.43 Å². The van der Waals surface area contributed by atoms with Crippen molar-refractivity contribution in [3.63, 3.8) is 0 Å².